The first-order valence-corrected chi connectivity index (χ1v) is 10.6. The van der Waals surface area contributed by atoms with Crippen LogP contribution >= 0.6 is 11.6 Å². The van der Waals surface area contributed by atoms with Crippen molar-refractivity contribution in [1.82, 2.24) is 0 Å². The summed E-state index contributed by atoms with van der Waals surface area (Å²) in [5, 5.41) is 23.2. The standard InChI is InChI=1S/C25H19ClN2O6/c1-15-12-17(28(31)32)3-7-20(15)24-10-4-18(33-24)6-11-25(30)27-22-13-16(2-8-21(22)26)23-9-5-19(14-29)34-23/h2-13,29H,14H2,1H3,(H,27,30)/b11-6+. The predicted molar refractivity (Wildman–Crippen MR) is 128 cm³/mol. The first kappa shape index (κ1) is 23.0. The molecule has 2 N–H and O–H groups in total. The summed E-state index contributed by atoms with van der Waals surface area (Å²) in [6.45, 7) is 1.55. The van der Waals surface area contributed by atoms with Gasteiger partial charge < -0.3 is 19.3 Å². The molecule has 9 heteroatoms. The van der Waals surface area contributed by atoms with Gasteiger partial charge in [0.2, 0.25) is 5.91 Å². The van der Waals surface area contributed by atoms with Crippen LogP contribution in [0.2, 0.25) is 5.02 Å². The van der Waals surface area contributed by atoms with Gasteiger partial charge in [0.1, 0.15) is 29.6 Å². The van der Waals surface area contributed by atoms with Crippen LogP contribution in [0.15, 0.2) is 75.6 Å². The number of anilines is 1. The van der Waals surface area contributed by atoms with Crippen LogP contribution in [0.1, 0.15) is 17.1 Å². The summed E-state index contributed by atoms with van der Waals surface area (Å²) >= 11 is 6.22. The largest absolute Gasteiger partial charge is 0.459 e. The lowest BCUT2D eigenvalue weighted by Gasteiger charge is -2.07. The highest BCUT2D eigenvalue weighted by Crippen LogP contribution is 2.31. The molecule has 0 aliphatic rings. The van der Waals surface area contributed by atoms with Gasteiger partial charge in [0.15, 0.2) is 0 Å². The Hall–Kier alpha value is -4.14. The van der Waals surface area contributed by atoms with Gasteiger partial charge in [-0.15, -0.1) is 0 Å². The van der Waals surface area contributed by atoms with E-state index in [1.54, 1.807) is 55.5 Å². The molecule has 0 fully saturated rings. The third-order valence-corrected chi connectivity index (χ3v) is 5.37. The highest BCUT2D eigenvalue weighted by molar-refractivity contribution is 6.34. The van der Waals surface area contributed by atoms with E-state index in [1.165, 1.54) is 24.3 Å². The van der Waals surface area contributed by atoms with E-state index in [9.17, 15) is 14.9 Å². The molecule has 4 rings (SSSR count). The summed E-state index contributed by atoms with van der Waals surface area (Å²) in [5.41, 5.74) is 2.53. The third kappa shape index (κ3) is 5.09. The van der Waals surface area contributed by atoms with E-state index in [4.69, 9.17) is 25.5 Å². The lowest BCUT2D eigenvalue weighted by Crippen LogP contribution is -2.08. The number of aliphatic hydroxyl groups is 1. The van der Waals surface area contributed by atoms with E-state index in [0.717, 1.165) is 5.56 Å². The van der Waals surface area contributed by atoms with Crippen LogP contribution in [0.4, 0.5) is 11.4 Å². The van der Waals surface area contributed by atoms with Gasteiger partial charge in [-0.25, -0.2) is 0 Å². The fraction of sp³-hybridized carbons (Fsp3) is 0.0800. The van der Waals surface area contributed by atoms with Crippen LogP contribution in [-0.2, 0) is 11.4 Å². The topological polar surface area (TPSA) is 119 Å². The number of benzene rings is 2. The number of amides is 1. The van der Waals surface area contributed by atoms with Gasteiger partial charge in [-0.2, -0.15) is 0 Å². The van der Waals surface area contributed by atoms with E-state index in [-0.39, 0.29) is 12.3 Å². The molecule has 0 spiro atoms. The number of nitrogens with one attached hydrogen (secondary N) is 1. The first-order chi connectivity index (χ1) is 16.3. The normalized spacial score (nSPS) is 11.1. The monoisotopic (exact) mass is 478 g/mol. The van der Waals surface area contributed by atoms with Crippen LogP contribution < -0.4 is 5.32 Å². The Morgan fingerprint density at radius 2 is 1.88 bits per heavy atom. The molecule has 0 radical (unpaired) electrons. The molecule has 0 saturated carbocycles. The number of non-ortho nitro benzene ring substituents is 1. The maximum atomic E-state index is 12.4. The Morgan fingerprint density at radius 3 is 2.59 bits per heavy atom. The molecule has 0 aliphatic heterocycles. The fourth-order valence-electron chi connectivity index (χ4n) is 3.35. The van der Waals surface area contributed by atoms with E-state index >= 15 is 0 Å². The van der Waals surface area contributed by atoms with Crippen molar-refractivity contribution >= 4 is 35.0 Å². The average Bonchev–Trinajstić information content (AvgIpc) is 3.49. The smallest absolute Gasteiger partial charge is 0.269 e. The average molecular weight is 479 g/mol. The molecule has 0 bridgehead atoms. The van der Waals surface area contributed by atoms with Crippen LogP contribution in [-0.4, -0.2) is 15.9 Å². The summed E-state index contributed by atoms with van der Waals surface area (Å²) in [5.74, 6) is 1.52. The molecule has 1 amide bonds. The zero-order valence-corrected chi connectivity index (χ0v) is 18.7. The summed E-state index contributed by atoms with van der Waals surface area (Å²) in [4.78, 5) is 22.9. The first-order valence-electron chi connectivity index (χ1n) is 10.2. The van der Waals surface area contributed by atoms with E-state index < -0.39 is 10.8 Å². The van der Waals surface area contributed by atoms with E-state index in [2.05, 4.69) is 5.32 Å². The van der Waals surface area contributed by atoms with Crippen molar-refractivity contribution in [3.63, 3.8) is 0 Å². The number of rotatable bonds is 7. The molecule has 0 atom stereocenters. The van der Waals surface area contributed by atoms with Crippen molar-refractivity contribution < 1.29 is 23.7 Å². The molecular weight excluding hydrogens is 460 g/mol. The van der Waals surface area contributed by atoms with Gasteiger partial charge >= 0.3 is 0 Å². The van der Waals surface area contributed by atoms with Crippen molar-refractivity contribution in [3.05, 3.63) is 99.0 Å². The number of hydrogen-bond acceptors (Lipinski definition) is 6. The lowest BCUT2D eigenvalue weighted by molar-refractivity contribution is -0.384. The van der Waals surface area contributed by atoms with Crippen LogP contribution in [0.5, 0.6) is 0 Å². The van der Waals surface area contributed by atoms with Crippen LogP contribution in [0.25, 0.3) is 28.7 Å². The minimum absolute atomic E-state index is 0.00760. The highest BCUT2D eigenvalue weighted by atomic mass is 35.5. The quantitative estimate of drug-likeness (QED) is 0.185. The number of aryl methyl sites for hydroxylation is 1. The summed E-state index contributed by atoms with van der Waals surface area (Å²) < 4.78 is 11.3. The Morgan fingerprint density at radius 1 is 1.09 bits per heavy atom. The minimum Gasteiger partial charge on any atom is -0.459 e. The Labute approximate surface area is 199 Å². The fourth-order valence-corrected chi connectivity index (χ4v) is 3.51. The molecule has 4 aromatic rings. The zero-order valence-electron chi connectivity index (χ0n) is 17.9. The second kappa shape index (κ2) is 9.78. The second-order valence-electron chi connectivity index (χ2n) is 7.40. The number of furan rings is 2. The van der Waals surface area contributed by atoms with Gasteiger partial charge in [-0.3, -0.25) is 14.9 Å². The molecule has 2 aromatic carbocycles. The highest BCUT2D eigenvalue weighted by Gasteiger charge is 2.13. The number of nitrogens with zero attached hydrogens (tertiary/aromatic N) is 1. The third-order valence-electron chi connectivity index (χ3n) is 5.04. The van der Waals surface area contributed by atoms with Crippen molar-refractivity contribution in [2.45, 2.75) is 13.5 Å². The lowest BCUT2D eigenvalue weighted by atomic mass is 10.1. The molecule has 0 aliphatic carbocycles. The van der Waals surface area contributed by atoms with E-state index in [0.29, 0.717) is 44.9 Å². The SMILES string of the molecule is Cc1cc([N+](=O)[O-])ccc1-c1ccc(/C=C/C(=O)Nc2cc(-c3ccc(CO)o3)ccc2Cl)o1. The molecule has 2 aromatic heterocycles. The van der Waals surface area contributed by atoms with Gasteiger partial charge in [0.25, 0.3) is 5.69 Å². The molecule has 34 heavy (non-hydrogen) atoms. The predicted octanol–water partition coefficient (Wildman–Crippen LogP) is 6.22. The van der Waals surface area contributed by atoms with Crippen molar-refractivity contribution in [3.8, 4) is 22.6 Å². The maximum Gasteiger partial charge on any atom is 0.269 e. The number of nitro groups is 1. The number of carbonyl (C=O) groups excluding carboxylic acids is 1. The van der Waals surface area contributed by atoms with Gasteiger partial charge in [0, 0.05) is 29.3 Å². The Kier molecular flexibility index (Phi) is 6.62. The molecule has 0 saturated heterocycles. The van der Waals surface area contributed by atoms with Crippen molar-refractivity contribution in [2.75, 3.05) is 5.32 Å². The summed E-state index contributed by atoms with van der Waals surface area (Å²) in [7, 11) is 0. The Balaban J connectivity index is 1.46. The molecular formula is C25H19ClN2O6. The van der Waals surface area contributed by atoms with Crippen molar-refractivity contribution in [1.29, 1.82) is 0 Å². The summed E-state index contributed by atoms with van der Waals surface area (Å²) in [6, 6.07) is 16.4. The van der Waals surface area contributed by atoms with Crippen LogP contribution in [0, 0.1) is 17.0 Å². The number of carbonyl (C=O) groups is 1. The van der Waals surface area contributed by atoms with Crippen LogP contribution in [0.3, 0.4) is 0 Å². The number of aliphatic hydroxyl groups excluding tert-OH is 1. The van der Waals surface area contributed by atoms with Gasteiger partial charge in [-0.1, -0.05) is 11.6 Å². The molecule has 8 nitrogen and oxygen atoms in total. The minimum atomic E-state index is -0.450. The van der Waals surface area contributed by atoms with Crippen molar-refractivity contribution in [2.24, 2.45) is 0 Å². The van der Waals surface area contributed by atoms with E-state index in [1.807, 2.05) is 0 Å². The van der Waals surface area contributed by atoms with Gasteiger partial charge in [0.05, 0.1) is 15.6 Å². The maximum absolute atomic E-state index is 12.4. The van der Waals surface area contributed by atoms with Gasteiger partial charge in [-0.05, 0) is 67.1 Å². The number of hydrogen-bond donors (Lipinski definition) is 2. The Bertz CT molecular complexity index is 1400. The summed E-state index contributed by atoms with van der Waals surface area (Å²) in [6.07, 6.45) is 2.82. The molecule has 0 unspecified atom stereocenters. The molecule has 2 heterocycles. The zero-order chi connectivity index (χ0) is 24.2. The number of halogens is 1. The number of nitro benzene ring substituents is 1. The second-order valence-corrected chi connectivity index (χ2v) is 7.81. The molecule has 172 valence electrons.